The summed E-state index contributed by atoms with van der Waals surface area (Å²) in [5, 5.41) is 3.76. The van der Waals surface area contributed by atoms with Gasteiger partial charge in [0.2, 0.25) is 5.09 Å². The minimum absolute atomic E-state index is 0.0670. The summed E-state index contributed by atoms with van der Waals surface area (Å²) in [6, 6.07) is 3.13. The molecule has 8 heteroatoms. The highest BCUT2D eigenvalue weighted by molar-refractivity contribution is 7.89. The zero-order valence-corrected chi connectivity index (χ0v) is 13.7. The van der Waals surface area contributed by atoms with E-state index in [9.17, 15) is 8.42 Å². The lowest BCUT2D eigenvalue weighted by Gasteiger charge is -2.02. The Hall–Kier alpha value is -1.22. The third kappa shape index (κ3) is 4.37. The molecule has 0 saturated carbocycles. The Morgan fingerprint density at radius 2 is 2.10 bits per heavy atom. The normalized spacial score (nSPS) is 11.9. The molecular weight excluding hydrogens is 310 g/mol. The van der Waals surface area contributed by atoms with E-state index in [-0.39, 0.29) is 11.6 Å². The van der Waals surface area contributed by atoms with Gasteiger partial charge in [-0.3, -0.25) is 0 Å². The second-order valence-corrected chi connectivity index (χ2v) is 7.30. The van der Waals surface area contributed by atoms with Crippen molar-refractivity contribution in [3.8, 4) is 0 Å². The fraction of sp³-hybridized carbons (Fsp3) is 0.462. The molecule has 116 valence electrons. The van der Waals surface area contributed by atoms with Crippen molar-refractivity contribution in [2.24, 2.45) is 0 Å². The first-order chi connectivity index (χ1) is 10.0. The second-order valence-electron chi connectivity index (χ2n) is 4.40. The van der Waals surface area contributed by atoms with Gasteiger partial charge in [-0.15, -0.1) is 11.3 Å². The molecule has 0 aliphatic rings. The highest BCUT2D eigenvalue weighted by atomic mass is 32.2. The molecule has 0 fully saturated rings. The van der Waals surface area contributed by atoms with Crippen LogP contribution in [0.4, 0.5) is 0 Å². The van der Waals surface area contributed by atoms with Crippen molar-refractivity contribution in [1.29, 1.82) is 0 Å². The molecule has 0 unspecified atom stereocenters. The van der Waals surface area contributed by atoms with Crippen molar-refractivity contribution in [3.05, 3.63) is 34.0 Å². The van der Waals surface area contributed by atoms with Crippen LogP contribution in [0.5, 0.6) is 0 Å². The third-order valence-corrected chi connectivity index (χ3v) is 5.23. The van der Waals surface area contributed by atoms with Gasteiger partial charge in [0.15, 0.2) is 0 Å². The van der Waals surface area contributed by atoms with E-state index in [1.54, 1.807) is 12.3 Å². The number of thiazole rings is 1. The Balaban J connectivity index is 1.99. The summed E-state index contributed by atoms with van der Waals surface area (Å²) in [7, 11) is -3.64. The smallest absolute Gasteiger partial charge is 0.274 e. The molecule has 2 aromatic heterocycles. The zero-order chi connectivity index (χ0) is 15.3. The van der Waals surface area contributed by atoms with Gasteiger partial charge < -0.3 is 9.73 Å². The van der Waals surface area contributed by atoms with Crippen LogP contribution in [0.15, 0.2) is 27.8 Å². The summed E-state index contributed by atoms with van der Waals surface area (Å²) in [5.41, 5.74) is 0. The Kier molecular flexibility index (Phi) is 5.51. The van der Waals surface area contributed by atoms with E-state index in [0.29, 0.717) is 12.3 Å². The van der Waals surface area contributed by atoms with Gasteiger partial charge in [0.25, 0.3) is 10.0 Å². The number of hydrogen-bond acceptors (Lipinski definition) is 6. The summed E-state index contributed by atoms with van der Waals surface area (Å²) in [6.45, 7) is 5.50. The van der Waals surface area contributed by atoms with Crippen LogP contribution < -0.4 is 10.0 Å². The predicted molar refractivity (Wildman–Crippen MR) is 81.6 cm³/mol. The molecule has 2 rings (SSSR count). The van der Waals surface area contributed by atoms with Crippen molar-refractivity contribution < 1.29 is 12.8 Å². The van der Waals surface area contributed by atoms with Gasteiger partial charge >= 0.3 is 0 Å². The molecule has 2 N–H and O–H groups in total. The number of furan rings is 1. The van der Waals surface area contributed by atoms with Crippen molar-refractivity contribution >= 4 is 21.4 Å². The molecule has 21 heavy (non-hydrogen) atoms. The molecule has 0 amide bonds. The lowest BCUT2D eigenvalue weighted by Crippen LogP contribution is -2.22. The van der Waals surface area contributed by atoms with E-state index in [0.717, 1.165) is 22.9 Å². The fourth-order valence-electron chi connectivity index (χ4n) is 1.67. The zero-order valence-electron chi connectivity index (χ0n) is 12.0. The number of rotatable bonds is 8. The molecule has 0 bridgehead atoms. The van der Waals surface area contributed by atoms with Crippen LogP contribution in [-0.2, 0) is 29.5 Å². The average molecular weight is 329 g/mol. The molecule has 0 radical (unpaired) electrons. The molecule has 0 aromatic carbocycles. The number of sulfonamides is 1. The SMILES string of the molecule is CCNCc1ccc(S(=O)(=O)NCc2ncc(CC)s2)o1. The second kappa shape index (κ2) is 7.17. The van der Waals surface area contributed by atoms with Gasteiger partial charge in [0.05, 0.1) is 13.1 Å². The first kappa shape index (κ1) is 16.2. The van der Waals surface area contributed by atoms with Crippen molar-refractivity contribution in [2.75, 3.05) is 6.54 Å². The quantitative estimate of drug-likeness (QED) is 0.772. The van der Waals surface area contributed by atoms with Gasteiger partial charge in [-0.1, -0.05) is 13.8 Å². The largest absolute Gasteiger partial charge is 0.447 e. The maximum atomic E-state index is 12.1. The van der Waals surface area contributed by atoms with Gasteiger partial charge in [0, 0.05) is 11.1 Å². The summed E-state index contributed by atoms with van der Waals surface area (Å²) >= 11 is 1.51. The Labute approximate surface area is 128 Å². The Morgan fingerprint density at radius 3 is 2.76 bits per heavy atom. The Bertz CT molecular complexity index is 676. The monoisotopic (exact) mass is 329 g/mol. The summed E-state index contributed by atoms with van der Waals surface area (Å²) in [6.07, 6.45) is 2.67. The molecule has 0 spiro atoms. The molecule has 2 aromatic rings. The van der Waals surface area contributed by atoms with Crippen molar-refractivity contribution in [2.45, 2.75) is 38.5 Å². The number of nitrogens with zero attached hydrogens (tertiary/aromatic N) is 1. The van der Waals surface area contributed by atoms with Crippen LogP contribution >= 0.6 is 11.3 Å². The molecule has 2 heterocycles. The van der Waals surface area contributed by atoms with E-state index in [1.165, 1.54) is 17.4 Å². The Morgan fingerprint density at radius 1 is 1.29 bits per heavy atom. The molecule has 0 aliphatic heterocycles. The van der Waals surface area contributed by atoms with Gasteiger partial charge in [-0.05, 0) is 25.1 Å². The molecule has 0 atom stereocenters. The van der Waals surface area contributed by atoms with Crippen molar-refractivity contribution in [1.82, 2.24) is 15.0 Å². The number of nitrogens with one attached hydrogen (secondary N) is 2. The van der Waals surface area contributed by atoms with Crippen LogP contribution in [0.3, 0.4) is 0 Å². The third-order valence-electron chi connectivity index (χ3n) is 2.81. The standard InChI is InChI=1S/C13H19N3O3S2/c1-3-11-8-15-12(20-11)9-16-21(17,18)13-6-5-10(19-13)7-14-4-2/h5-6,8,14,16H,3-4,7,9H2,1-2H3. The first-order valence-electron chi connectivity index (χ1n) is 6.77. The topological polar surface area (TPSA) is 84.2 Å². The van der Waals surface area contributed by atoms with Gasteiger partial charge in [-0.25, -0.2) is 18.1 Å². The van der Waals surface area contributed by atoms with E-state index in [2.05, 4.69) is 15.0 Å². The highest BCUT2D eigenvalue weighted by Crippen LogP contribution is 2.16. The average Bonchev–Trinajstić information content (AvgIpc) is 3.12. The molecule has 6 nitrogen and oxygen atoms in total. The predicted octanol–water partition coefficient (Wildman–Crippen LogP) is 1.89. The minimum atomic E-state index is -3.64. The number of aromatic nitrogens is 1. The summed E-state index contributed by atoms with van der Waals surface area (Å²) in [4.78, 5) is 5.31. The van der Waals surface area contributed by atoms with Gasteiger partial charge in [0.1, 0.15) is 10.8 Å². The lowest BCUT2D eigenvalue weighted by atomic mass is 10.4. The molecule has 0 aliphatic carbocycles. The molecule has 0 saturated heterocycles. The van der Waals surface area contributed by atoms with E-state index < -0.39 is 10.0 Å². The number of hydrogen-bond donors (Lipinski definition) is 2. The van der Waals surface area contributed by atoms with Crippen LogP contribution in [0, 0.1) is 0 Å². The maximum absolute atomic E-state index is 12.1. The van der Waals surface area contributed by atoms with Crippen LogP contribution in [0.25, 0.3) is 0 Å². The number of aryl methyl sites for hydroxylation is 1. The van der Waals surface area contributed by atoms with E-state index in [1.807, 2.05) is 13.8 Å². The minimum Gasteiger partial charge on any atom is -0.447 e. The summed E-state index contributed by atoms with van der Waals surface area (Å²) in [5.74, 6) is 0.597. The lowest BCUT2D eigenvalue weighted by molar-refractivity contribution is 0.401. The van der Waals surface area contributed by atoms with E-state index in [4.69, 9.17) is 4.42 Å². The fourth-order valence-corrected chi connectivity index (χ4v) is 3.49. The van der Waals surface area contributed by atoms with Crippen molar-refractivity contribution in [3.63, 3.8) is 0 Å². The molecular formula is C13H19N3O3S2. The van der Waals surface area contributed by atoms with Crippen LogP contribution in [-0.4, -0.2) is 19.9 Å². The maximum Gasteiger partial charge on any atom is 0.274 e. The highest BCUT2D eigenvalue weighted by Gasteiger charge is 2.19. The van der Waals surface area contributed by atoms with Crippen LogP contribution in [0.1, 0.15) is 29.5 Å². The van der Waals surface area contributed by atoms with Gasteiger partial charge in [-0.2, -0.15) is 0 Å². The summed E-state index contributed by atoms with van der Waals surface area (Å²) < 4.78 is 32.1. The first-order valence-corrected chi connectivity index (χ1v) is 9.07. The van der Waals surface area contributed by atoms with E-state index >= 15 is 0 Å². The van der Waals surface area contributed by atoms with Crippen LogP contribution in [0.2, 0.25) is 0 Å².